The van der Waals surface area contributed by atoms with Gasteiger partial charge in [0.15, 0.2) is 0 Å². The van der Waals surface area contributed by atoms with Crippen molar-refractivity contribution in [1.82, 2.24) is 4.72 Å². The molecule has 116 valence electrons. The van der Waals surface area contributed by atoms with Gasteiger partial charge in [0, 0.05) is 12.6 Å². The fraction of sp³-hybridized carbons (Fsp3) is 0.500. The van der Waals surface area contributed by atoms with Gasteiger partial charge in [-0.1, -0.05) is 0 Å². The van der Waals surface area contributed by atoms with Gasteiger partial charge in [0.05, 0.1) is 24.2 Å². The van der Waals surface area contributed by atoms with E-state index in [0.717, 1.165) is 31.0 Å². The molecule has 1 fully saturated rings. The molecule has 9 heteroatoms. The first-order valence-corrected chi connectivity index (χ1v) is 7.83. The Morgan fingerprint density at radius 3 is 2.71 bits per heavy atom. The van der Waals surface area contributed by atoms with Crippen molar-refractivity contribution in [1.29, 1.82) is 0 Å². The van der Waals surface area contributed by atoms with Gasteiger partial charge in [0.25, 0.3) is 5.69 Å². The van der Waals surface area contributed by atoms with Crippen molar-refractivity contribution in [2.45, 2.75) is 23.8 Å². The van der Waals surface area contributed by atoms with Crippen LogP contribution in [0.2, 0.25) is 0 Å². The summed E-state index contributed by atoms with van der Waals surface area (Å²) in [6, 6.07) is 3.25. The number of non-ortho nitro benzene ring substituents is 1. The minimum Gasteiger partial charge on any atom is -0.495 e. The molecule has 1 aliphatic rings. The quantitative estimate of drug-likeness (QED) is 0.563. The molecule has 1 atom stereocenters. The second-order valence-electron chi connectivity index (χ2n) is 4.85. The van der Waals surface area contributed by atoms with E-state index in [0.29, 0.717) is 0 Å². The number of benzene rings is 1. The van der Waals surface area contributed by atoms with Gasteiger partial charge in [-0.05, 0) is 24.8 Å². The molecular formula is C12H16N2O6S. The zero-order valence-electron chi connectivity index (χ0n) is 11.4. The van der Waals surface area contributed by atoms with Crippen molar-refractivity contribution in [3.8, 4) is 5.75 Å². The average molecular weight is 316 g/mol. The zero-order valence-corrected chi connectivity index (χ0v) is 12.2. The normalized spacial score (nSPS) is 16.5. The van der Waals surface area contributed by atoms with E-state index in [1.54, 1.807) is 0 Å². The molecule has 0 spiro atoms. The lowest BCUT2D eigenvalue weighted by molar-refractivity contribution is -0.385. The van der Waals surface area contributed by atoms with Crippen molar-refractivity contribution in [2.24, 2.45) is 5.92 Å². The van der Waals surface area contributed by atoms with Crippen LogP contribution < -0.4 is 9.46 Å². The third-order valence-electron chi connectivity index (χ3n) is 3.30. The van der Waals surface area contributed by atoms with Gasteiger partial charge >= 0.3 is 0 Å². The van der Waals surface area contributed by atoms with Crippen molar-refractivity contribution in [3.05, 3.63) is 28.3 Å². The summed E-state index contributed by atoms with van der Waals surface area (Å²) in [6.07, 6.45) is 1.07. The van der Waals surface area contributed by atoms with Gasteiger partial charge in [-0.2, -0.15) is 0 Å². The van der Waals surface area contributed by atoms with Crippen LogP contribution in [0.3, 0.4) is 0 Å². The number of nitro benzene ring substituents is 1. The van der Waals surface area contributed by atoms with E-state index >= 15 is 0 Å². The molecule has 21 heavy (non-hydrogen) atoms. The van der Waals surface area contributed by atoms with Crippen LogP contribution in [0.4, 0.5) is 5.69 Å². The highest BCUT2D eigenvalue weighted by Gasteiger charge is 2.31. The van der Waals surface area contributed by atoms with E-state index in [9.17, 15) is 23.6 Å². The lowest BCUT2D eigenvalue weighted by atomic mass is 10.2. The number of sulfonamides is 1. The van der Waals surface area contributed by atoms with Crippen molar-refractivity contribution in [3.63, 3.8) is 0 Å². The van der Waals surface area contributed by atoms with E-state index in [2.05, 4.69) is 4.72 Å². The predicted octanol–water partition coefficient (Wildman–Crippen LogP) is 0.653. The monoisotopic (exact) mass is 316 g/mol. The number of aliphatic hydroxyl groups is 1. The summed E-state index contributed by atoms with van der Waals surface area (Å²) in [5.41, 5.74) is -0.260. The molecule has 2 rings (SSSR count). The number of hydrogen-bond donors (Lipinski definition) is 2. The van der Waals surface area contributed by atoms with Gasteiger partial charge in [-0.3, -0.25) is 10.1 Å². The minimum atomic E-state index is -3.90. The summed E-state index contributed by atoms with van der Waals surface area (Å²) >= 11 is 0. The molecule has 0 aliphatic heterocycles. The maximum atomic E-state index is 12.2. The molecule has 2 N–H and O–H groups in total. The Kier molecular flexibility index (Phi) is 4.45. The number of nitrogens with one attached hydrogen (secondary N) is 1. The lowest BCUT2D eigenvalue weighted by Gasteiger charge is -2.13. The molecule has 1 aliphatic carbocycles. The summed E-state index contributed by atoms with van der Waals surface area (Å²) in [7, 11) is -2.67. The molecule has 0 bridgehead atoms. The van der Waals surface area contributed by atoms with Gasteiger partial charge in [-0.15, -0.1) is 0 Å². The van der Waals surface area contributed by atoms with Crippen LogP contribution in [-0.2, 0) is 10.0 Å². The number of ether oxygens (including phenoxy) is 1. The van der Waals surface area contributed by atoms with E-state index in [-0.39, 0.29) is 28.8 Å². The number of hydrogen-bond acceptors (Lipinski definition) is 6. The zero-order chi connectivity index (χ0) is 15.6. The van der Waals surface area contributed by atoms with E-state index in [4.69, 9.17) is 4.74 Å². The van der Waals surface area contributed by atoms with Crippen LogP contribution in [-0.4, -0.2) is 38.2 Å². The first-order chi connectivity index (χ1) is 9.85. The van der Waals surface area contributed by atoms with Gasteiger partial charge in [-0.25, -0.2) is 13.1 Å². The van der Waals surface area contributed by atoms with Crippen molar-refractivity contribution < 1.29 is 23.2 Å². The fourth-order valence-corrected chi connectivity index (χ4v) is 3.11. The summed E-state index contributed by atoms with van der Waals surface area (Å²) in [5.74, 6) is 0.0315. The molecule has 1 unspecified atom stereocenters. The molecule has 0 radical (unpaired) electrons. The Labute approximate surface area is 121 Å². The van der Waals surface area contributed by atoms with Gasteiger partial charge in [0.1, 0.15) is 10.6 Å². The summed E-state index contributed by atoms with van der Waals surface area (Å²) in [6.45, 7) is -0.0901. The first kappa shape index (κ1) is 15.7. The highest BCUT2D eigenvalue weighted by Crippen LogP contribution is 2.33. The molecular weight excluding hydrogens is 300 g/mol. The second kappa shape index (κ2) is 5.96. The van der Waals surface area contributed by atoms with Crippen LogP contribution in [0.25, 0.3) is 0 Å². The third kappa shape index (κ3) is 3.69. The molecule has 0 heterocycles. The van der Waals surface area contributed by atoms with E-state index in [1.165, 1.54) is 7.11 Å². The van der Waals surface area contributed by atoms with Crippen LogP contribution in [0.5, 0.6) is 5.75 Å². The Balaban J connectivity index is 2.19. The summed E-state index contributed by atoms with van der Waals surface area (Å²) in [4.78, 5) is 9.85. The number of rotatable bonds is 7. The van der Waals surface area contributed by atoms with E-state index in [1.807, 2.05) is 0 Å². The molecule has 0 aromatic heterocycles. The SMILES string of the molecule is COc1cc([N+](=O)[O-])ccc1S(=O)(=O)NCC(O)C1CC1. The predicted molar refractivity (Wildman–Crippen MR) is 73.6 cm³/mol. The van der Waals surface area contributed by atoms with Gasteiger partial charge in [0.2, 0.25) is 10.0 Å². The molecule has 1 aromatic rings. The topological polar surface area (TPSA) is 119 Å². The standard InChI is InChI=1S/C12H16N2O6S/c1-20-11-6-9(14(16)17)4-5-12(11)21(18,19)13-7-10(15)8-2-3-8/h4-6,8,10,13,15H,2-3,7H2,1H3. The fourth-order valence-electron chi connectivity index (χ4n) is 1.91. The number of nitrogens with zero attached hydrogens (tertiary/aromatic N) is 1. The highest BCUT2D eigenvalue weighted by molar-refractivity contribution is 7.89. The maximum absolute atomic E-state index is 12.2. The van der Waals surface area contributed by atoms with Crippen LogP contribution in [0.15, 0.2) is 23.1 Å². The minimum absolute atomic E-state index is 0.0901. The molecule has 0 amide bonds. The Hall–Kier alpha value is -1.71. The Morgan fingerprint density at radius 1 is 1.52 bits per heavy atom. The van der Waals surface area contributed by atoms with Gasteiger partial charge < -0.3 is 9.84 Å². The molecule has 1 aromatic carbocycles. The number of aliphatic hydroxyl groups excluding tert-OH is 1. The van der Waals surface area contributed by atoms with Crippen molar-refractivity contribution in [2.75, 3.05) is 13.7 Å². The molecule has 1 saturated carbocycles. The van der Waals surface area contributed by atoms with Crippen molar-refractivity contribution >= 4 is 15.7 Å². The smallest absolute Gasteiger partial charge is 0.273 e. The van der Waals surface area contributed by atoms with Crippen LogP contribution >= 0.6 is 0 Å². The summed E-state index contributed by atoms with van der Waals surface area (Å²) in [5, 5.41) is 20.4. The lowest BCUT2D eigenvalue weighted by Crippen LogP contribution is -2.33. The van der Waals surface area contributed by atoms with Crippen LogP contribution in [0, 0.1) is 16.0 Å². The molecule has 8 nitrogen and oxygen atoms in total. The Bertz CT molecular complexity index is 641. The highest BCUT2D eigenvalue weighted by atomic mass is 32.2. The third-order valence-corrected chi connectivity index (χ3v) is 4.76. The first-order valence-electron chi connectivity index (χ1n) is 6.35. The second-order valence-corrected chi connectivity index (χ2v) is 6.58. The van der Waals surface area contributed by atoms with Crippen LogP contribution in [0.1, 0.15) is 12.8 Å². The number of nitro groups is 1. The largest absolute Gasteiger partial charge is 0.495 e. The average Bonchev–Trinajstić information content (AvgIpc) is 3.28. The Morgan fingerprint density at radius 2 is 2.19 bits per heavy atom. The maximum Gasteiger partial charge on any atom is 0.273 e. The molecule has 0 saturated heterocycles. The number of methoxy groups -OCH3 is 1. The summed E-state index contributed by atoms with van der Waals surface area (Å²) < 4.78 is 31.5. The van der Waals surface area contributed by atoms with E-state index < -0.39 is 21.1 Å².